The number of benzene rings is 2. The highest BCUT2D eigenvalue weighted by molar-refractivity contribution is 7.86. The van der Waals surface area contributed by atoms with E-state index >= 15 is 0 Å². The third-order valence-electron chi connectivity index (χ3n) is 9.26. The maximum atomic E-state index is 11.9. The van der Waals surface area contributed by atoms with Gasteiger partial charge in [-0.2, -0.15) is 0 Å². The smallest absolute Gasteiger partial charge is 0.203 e. The number of hydrogen-bond acceptors (Lipinski definition) is 11. The van der Waals surface area contributed by atoms with Gasteiger partial charge in [-0.25, -0.2) is 29.8 Å². The zero-order valence-corrected chi connectivity index (χ0v) is 33.0. The van der Waals surface area contributed by atoms with E-state index in [2.05, 4.69) is 0 Å². The lowest BCUT2D eigenvalue weighted by Crippen LogP contribution is -2.31. The Kier molecular flexibility index (Phi) is 13.1. The van der Waals surface area contributed by atoms with Gasteiger partial charge in [0.25, 0.3) is 0 Å². The molecule has 0 spiro atoms. The van der Waals surface area contributed by atoms with Crippen molar-refractivity contribution in [2.24, 2.45) is 0 Å². The average Bonchev–Trinajstić information content (AvgIpc) is 3.26. The zero-order chi connectivity index (χ0) is 39.4. The molecule has 2 radical (unpaired) electrons. The molecule has 1 atom stereocenters. The quantitative estimate of drug-likeness (QED) is 0.115. The fraction of sp³-hybridized carbons (Fsp3) is 0.421. The Bertz CT molecular complexity index is 2280. The number of rotatable bonds is 15. The molecule has 1 unspecified atom stereocenters. The van der Waals surface area contributed by atoms with Gasteiger partial charge in [0.05, 0.1) is 31.2 Å². The number of anilines is 1. The number of fused-ring (bicyclic) bond motifs is 2. The summed E-state index contributed by atoms with van der Waals surface area (Å²) >= 11 is 0. The Labute approximate surface area is 313 Å². The maximum absolute atomic E-state index is 11.9. The lowest BCUT2D eigenvalue weighted by Gasteiger charge is -2.30. The van der Waals surface area contributed by atoms with Crippen molar-refractivity contribution < 1.29 is 43.3 Å². The van der Waals surface area contributed by atoms with Crippen LogP contribution in [0.15, 0.2) is 81.8 Å². The van der Waals surface area contributed by atoms with Crippen molar-refractivity contribution in [3.63, 3.8) is 0 Å². The van der Waals surface area contributed by atoms with Crippen molar-refractivity contribution in [1.29, 1.82) is 0 Å². The minimum absolute atomic E-state index is 0.0224. The third kappa shape index (κ3) is 10.8. The Hall–Kier alpha value is -3.60. The monoisotopic (exact) mass is 786 g/mol. The first-order valence-electron chi connectivity index (χ1n) is 17.2. The largest absolute Gasteiger partial charge is 0.748 e. The molecule has 0 fully saturated rings. The number of hydrogen-bond donors (Lipinski definition) is 0. The second-order valence-corrected chi connectivity index (χ2v) is 18.7. The Morgan fingerprint density at radius 1 is 0.906 bits per heavy atom. The normalized spacial score (nSPS) is 18.5. The van der Waals surface area contributed by atoms with E-state index in [0.29, 0.717) is 42.2 Å². The minimum atomic E-state index is -4.76. The highest BCUT2D eigenvalue weighted by atomic mass is 32.2. The molecule has 0 N–H and O–H groups in total. The third-order valence-corrected chi connectivity index (χ3v) is 11.7. The van der Waals surface area contributed by atoms with E-state index in [0.717, 1.165) is 22.2 Å². The molecule has 0 aromatic heterocycles. The van der Waals surface area contributed by atoms with Crippen LogP contribution in [-0.4, -0.2) is 70.1 Å². The van der Waals surface area contributed by atoms with Crippen LogP contribution < -0.4 is 14.8 Å². The fourth-order valence-corrected chi connectivity index (χ4v) is 8.02. The summed E-state index contributed by atoms with van der Waals surface area (Å²) in [5.41, 5.74) is 2.42. The Morgan fingerprint density at radius 2 is 1.58 bits per heavy atom. The summed E-state index contributed by atoms with van der Waals surface area (Å²) in [7, 11) is -13.5. The van der Waals surface area contributed by atoms with Gasteiger partial charge < -0.3 is 23.0 Å². The van der Waals surface area contributed by atoms with Gasteiger partial charge in [-0.15, -0.1) is 0 Å². The van der Waals surface area contributed by atoms with E-state index in [1.165, 1.54) is 18.2 Å². The predicted molar refractivity (Wildman–Crippen MR) is 202 cm³/mol. The molecule has 0 saturated heterocycles. The number of allylic oxidation sites excluding steroid dienone is 5. The molecule has 12 nitrogen and oxygen atoms in total. The van der Waals surface area contributed by atoms with Crippen molar-refractivity contribution in [2.45, 2.75) is 76.0 Å². The second-order valence-electron chi connectivity index (χ2n) is 14.3. The van der Waals surface area contributed by atoms with E-state index in [-0.39, 0.29) is 36.1 Å². The maximum Gasteiger partial charge on any atom is 0.203 e. The summed E-state index contributed by atoms with van der Waals surface area (Å²) < 4.78 is 112. The first-order valence-corrected chi connectivity index (χ1v) is 21.8. The summed E-state index contributed by atoms with van der Waals surface area (Å²) in [5, 5.41) is 0.829. The molecule has 4 rings (SSSR count). The standard InChI is InChI=1S/C38H48N2O10S3/c1-7-20-38(6)32-27-30(53(47,48)49)17-19-33(32)40(22-13-24-52(44,45)46)35(38)15-11-9-10-14-28-25-36(37(3,4)5)50-34-26-29(16-18-31(28)34)39(8-2)21-12-23-51(41,42)43/h1,9-11,14-19,25-27H,7-8,12-13,20-24H2,2-6H3,(H2-,41,42,43,44,45,46,47,48,49)/p-2. The number of nitrogens with zero attached hydrogens (tertiary/aromatic N) is 2. The van der Waals surface area contributed by atoms with Gasteiger partial charge in [0.15, 0.2) is 0 Å². The van der Waals surface area contributed by atoms with E-state index < -0.39 is 47.3 Å². The molecule has 3 aliphatic rings. The van der Waals surface area contributed by atoms with E-state index in [1.54, 1.807) is 6.08 Å². The van der Waals surface area contributed by atoms with Gasteiger partial charge in [-0.1, -0.05) is 45.1 Å². The first-order chi connectivity index (χ1) is 24.6. The fourth-order valence-electron chi connectivity index (χ4n) is 6.56. The van der Waals surface area contributed by atoms with Crippen LogP contribution in [0.5, 0.6) is 0 Å². The van der Waals surface area contributed by atoms with Gasteiger partial charge in [0.1, 0.15) is 34.7 Å². The lowest BCUT2D eigenvalue weighted by molar-refractivity contribution is 0.404. The van der Waals surface area contributed by atoms with Gasteiger partial charge in [-0.05, 0) is 87.6 Å². The van der Waals surface area contributed by atoms with Crippen molar-refractivity contribution in [3.05, 3.63) is 102 Å². The summed E-state index contributed by atoms with van der Waals surface area (Å²) in [6, 6.07) is 11.8. The van der Waals surface area contributed by atoms with Crippen LogP contribution in [0.3, 0.4) is 0 Å². The molecule has 288 valence electrons. The molecule has 1 aromatic carbocycles. The molecule has 2 heterocycles. The highest BCUT2D eigenvalue weighted by Gasteiger charge is 2.43. The summed E-state index contributed by atoms with van der Waals surface area (Å²) in [5.74, 6) is 0.352. The van der Waals surface area contributed by atoms with Crippen LogP contribution in [-0.2, 0) is 41.2 Å². The van der Waals surface area contributed by atoms with Crippen LogP contribution in [0.25, 0.3) is 17.4 Å². The molecule has 0 saturated carbocycles. The summed E-state index contributed by atoms with van der Waals surface area (Å²) in [6.45, 7) is 17.1. The Morgan fingerprint density at radius 3 is 2.19 bits per heavy atom. The van der Waals surface area contributed by atoms with E-state index in [4.69, 9.17) is 11.3 Å². The van der Waals surface area contributed by atoms with E-state index in [9.17, 15) is 38.9 Å². The van der Waals surface area contributed by atoms with Crippen LogP contribution in [0.4, 0.5) is 5.69 Å². The predicted octanol–water partition coefficient (Wildman–Crippen LogP) is 4.97. The molecule has 2 aliphatic heterocycles. The van der Waals surface area contributed by atoms with Crippen LogP contribution in [0, 0.1) is 6.92 Å². The van der Waals surface area contributed by atoms with Crippen molar-refractivity contribution >= 4 is 42.1 Å². The summed E-state index contributed by atoms with van der Waals surface area (Å²) in [4.78, 5) is 1.45. The van der Waals surface area contributed by atoms with Crippen molar-refractivity contribution in [2.75, 3.05) is 36.0 Å². The van der Waals surface area contributed by atoms with Crippen molar-refractivity contribution in [1.82, 2.24) is 4.58 Å². The Balaban J connectivity index is 1.75. The van der Waals surface area contributed by atoms with Gasteiger partial charge in [-0.3, -0.25) is 0 Å². The molecule has 1 aliphatic carbocycles. The van der Waals surface area contributed by atoms with Crippen molar-refractivity contribution in [3.8, 4) is 11.3 Å². The first kappa shape index (κ1) is 42.1. The SMILES string of the molecule is [CH]CCC1(C)\C(=C/C=C/C=C/c2cc(C(C)(C)C)oc3cc(=[N+](CC)CCCS(=O)(=O)[O-])ccc2-3)N(CCCS(=O)(=O)[O-])c2ccc(S(=O)(=O)[O-])cc21. The van der Waals surface area contributed by atoms with Gasteiger partial charge >= 0.3 is 0 Å². The highest BCUT2D eigenvalue weighted by Crippen LogP contribution is 2.51. The zero-order valence-electron chi connectivity index (χ0n) is 30.6. The lowest BCUT2D eigenvalue weighted by atomic mass is 9.77. The van der Waals surface area contributed by atoms with Gasteiger partial charge in [0, 0.05) is 58.3 Å². The molecule has 15 heteroatoms. The van der Waals surface area contributed by atoms with Gasteiger partial charge in [0.2, 0.25) is 5.36 Å². The molecule has 1 aromatic rings. The topological polar surface area (TPSA) is 191 Å². The average molecular weight is 787 g/mol. The molecular weight excluding hydrogens is 741 g/mol. The van der Waals surface area contributed by atoms with E-state index in [1.807, 2.05) is 92.7 Å². The molecule has 53 heavy (non-hydrogen) atoms. The van der Waals surface area contributed by atoms with Crippen LogP contribution in [0.2, 0.25) is 0 Å². The van der Waals surface area contributed by atoms with Crippen LogP contribution in [0.1, 0.15) is 77.2 Å². The molecular formula is C38H46N2O10S3-2. The molecule has 0 amide bonds. The second kappa shape index (κ2) is 16.4. The summed E-state index contributed by atoms with van der Waals surface area (Å²) in [6.07, 6.45) is 10.1. The van der Waals surface area contributed by atoms with Crippen LogP contribution >= 0.6 is 0 Å². The minimum Gasteiger partial charge on any atom is -0.748 e. The molecule has 0 bridgehead atoms.